The number of hydrogen-bond donors (Lipinski definition) is 2. The van der Waals surface area contributed by atoms with Crippen molar-refractivity contribution in [3.05, 3.63) is 71.5 Å². The van der Waals surface area contributed by atoms with E-state index in [1.807, 2.05) is 0 Å². The van der Waals surface area contributed by atoms with Crippen molar-refractivity contribution in [1.82, 2.24) is 14.9 Å². The van der Waals surface area contributed by atoms with Gasteiger partial charge in [-0.05, 0) is 68.3 Å². The summed E-state index contributed by atoms with van der Waals surface area (Å²) < 4.78 is 64.3. The van der Waals surface area contributed by atoms with Crippen LogP contribution in [0.2, 0.25) is 0 Å². The number of nitrogens with one attached hydrogen (secondary N) is 1. The van der Waals surface area contributed by atoms with Crippen LogP contribution in [0.1, 0.15) is 47.7 Å². The average molecular weight is 586 g/mol. The zero-order valence-corrected chi connectivity index (χ0v) is 22.7. The first-order chi connectivity index (χ1) is 20.0. The third-order valence-electron chi connectivity index (χ3n) is 7.10. The van der Waals surface area contributed by atoms with Crippen molar-refractivity contribution < 1.29 is 36.3 Å². The fourth-order valence-electron chi connectivity index (χ4n) is 4.88. The Hall–Kier alpha value is -4.52. The van der Waals surface area contributed by atoms with E-state index in [1.165, 1.54) is 43.5 Å². The highest BCUT2D eigenvalue weighted by atomic mass is 19.4. The molecule has 5 rings (SSSR count). The van der Waals surface area contributed by atoms with Crippen molar-refractivity contribution in [3.8, 4) is 17.2 Å². The molecule has 0 radical (unpaired) electrons. The quantitative estimate of drug-likeness (QED) is 0.284. The third kappa shape index (κ3) is 5.77. The Bertz CT molecular complexity index is 1630. The van der Waals surface area contributed by atoms with Crippen LogP contribution in [-0.2, 0) is 11.0 Å². The van der Waals surface area contributed by atoms with Gasteiger partial charge in [0.1, 0.15) is 22.8 Å². The second-order valence-corrected chi connectivity index (χ2v) is 9.99. The maximum absolute atomic E-state index is 13.5. The molecule has 0 aliphatic carbocycles. The summed E-state index contributed by atoms with van der Waals surface area (Å²) in [4.78, 5) is 36.0. The molecular weight excluding hydrogens is 558 g/mol. The van der Waals surface area contributed by atoms with E-state index in [0.29, 0.717) is 24.1 Å². The molecule has 1 atom stereocenters. The molecule has 2 aromatic heterocycles. The fourth-order valence-corrected chi connectivity index (χ4v) is 4.88. The molecule has 0 saturated carbocycles. The van der Waals surface area contributed by atoms with Crippen molar-refractivity contribution in [2.24, 2.45) is 11.7 Å². The smallest absolute Gasteiger partial charge is 0.433 e. The van der Waals surface area contributed by atoms with Crippen molar-refractivity contribution in [1.29, 1.82) is 0 Å². The summed E-state index contributed by atoms with van der Waals surface area (Å²) in [5.74, 6) is -1.17. The number of aromatic nitrogens is 2. The summed E-state index contributed by atoms with van der Waals surface area (Å²) in [5, 5.41) is 3.05. The number of halogens is 4. The standard InChI is InChI=1S/C29H27F4N5O4/c1-15(34)25-24(28(40)38-13-11-16(12-14-38)26(39)35-18-5-3-17(30)4-6-18)37-27(42-25)20-7-9-21(41-2)23-19(20)8-10-22(36-23)29(31,32)33/h3-10,15-16H,11-14,34H2,1-2H3,(H,35,39)/t15-/m0/s1. The van der Waals surface area contributed by atoms with Crippen LogP contribution in [0.15, 0.2) is 52.9 Å². The first-order valence-electron chi connectivity index (χ1n) is 13.1. The van der Waals surface area contributed by atoms with E-state index in [4.69, 9.17) is 14.9 Å². The number of nitrogens with zero attached hydrogens (tertiary/aromatic N) is 3. The number of hydrogen-bond acceptors (Lipinski definition) is 7. The van der Waals surface area contributed by atoms with Gasteiger partial charge in [0.2, 0.25) is 11.8 Å². The molecule has 2 amide bonds. The van der Waals surface area contributed by atoms with Crippen molar-refractivity contribution in [2.45, 2.75) is 32.0 Å². The number of methoxy groups -OCH3 is 1. The molecule has 1 saturated heterocycles. The van der Waals surface area contributed by atoms with Crippen molar-refractivity contribution in [3.63, 3.8) is 0 Å². The number of carbonyl (C=O) groups is 2. The maximum Gasteiger partial charge on any atom is 0.433 e. The predicted molar refractivity (Wildman–Crippen MR) is 145 cm³/mol. The number of nitrogens with two attached hydrogens (primary N) is 1. The molecule has 42 heavy (non-hydrogen) atoms. The van der Waals surface area contributed by atoms with Gasteiger partial charge >= 0.3 is 6.18 Å². The lowest BCUT2D eigenvalue weighted by atomic mass is 9.95. The summed E-state index contributed by atoms with van der Waals surface area (Å²) in [5.41, 5.74) is 5.75. The van der Waals surface area contributed by atoms with Crippen LogP contribution in [0, 0.1) is 11.7 Å². The highest BCUT2D eigenvalue weighted by Crippen LogP contribution is 2.37. The lowest BCUT2D eigenvalue weighted by Crippen LogP contribution is -2.42. The molecule has 220 valence electrons. The second kappa shape index (κ2) is 11.4. The minimum Gasteiger partial charge on any atom is -0.494 e. The van der Waals surface area contributed by atoms with Crippen LogP contribution in [0.5, 0.6) is 5.75 Å². The maximum atomic E-state index is 13.5. The first-order valence-corrected chi connectivity index (χ1v) is 13.1. The topological polar surface area (TPSA) is 124 Å². The van der Waals surface area contributed by atoms with Crippen molar-refractivity contribution >= 4 is 28.4 Å². The van der Waals surface area contributed by atoms with E-state index < -0.39 is 29.6 Å². The Kier molecular flexibility index (Phi) is 7.87. The number of carbonyl (C=O) groups excluding carboxylic acids is 2. The molecule has 9 nitrogen and oxygen atoms in total. The van der Waals surface area contributed by atoms with E-state index in [-0.39, 0.29) is 58.9 Å². The minimum atomic E-state index is -4.66. The van der Waals surface area contributed by atoms with Gasteiger partial charge in [-0.15, -0.1) is 0 Å². The highest BCUT2D eigenvalue weighted by molar-refractivity contribution is 5.98. The van der Waals surface area contributed by atoms with Crippen LogP contribution in [0.3, 0.4) is 0 Å². The largest absolute Gasteiger partial charge is 0.494 e. The van der Waals surface area contributed by atoms with Gasteiger partial charge in [-0.1, -0.05) is 0 Å². The number of fused-ring (bicyclic) bond motifs is 1. The summed E-state index contributed by atoms with van der Waals surface area (Å²) in [6, 6.07) is 9.85. The number of pyridine rings is 1. The summed E-state index contributed by atoms with van der Waals surface area (Å²) in [7, 11) is 1.32. The molecule has 0 bridgehead atoms. The molecule has 1 aliphatic rings. The minimum absolute atomic E-state index is 0.00609. The number of ether oxygens (including phenoxy) is 1. The number of anilines is 1. The van der Waals surface area contributed by atoms with Crippen LogP contribution in [0.25, 0.3) is 22.4 Å². The van der Waals surface area contributed by atoms with Gasteiger partial charge in [0.25, 0.3) is 5.91 Å². The molecule has 1 aliphatic heterocycles. The molecule has 4 aromatic rings. The molecule has 0 unspecified atom stereocenters. The number of amides is 2. The molecule has 2 aromatic carbocycles. The van der Waals surface area contributed by atoms with Gasteiger partial charge < -0.3 is 25.1 Å². The van der Waals surface area contributed by atoms with E-state index in [9.17, 15) is 27.2 Å². The summed E-state index contributed by atoms with van der Waals surface area (Å²) >= 11 is 0. The van der Waals surface area contributed by atoms with E-state index in [2.05, 4.69) is 15.3 Å². The Morgan fingerprint density at radius 2 is 1.76 bits per heavy atom. The fraction of sp³-hybridized carbons (Fsp3) is 0.310. The van der Waals surface area contributed by atoms with Crippen LogP contribution in [0.4, 0.5) is 23.2 Å². The normalized spacial score (nSPS) is 15.1. The Morgan fingerprint density at radius 1 is 1.07 bits per heavy atom. The monoisotopic (exact) mass is 585 g/mol. The van der Waals surface area contributed by atoms with Gasteiger partial charge in [0.15, 0.2) is 11.5 Å². The Balaban J connectivity index is 1.38. The van der Waals surface area contributed by atoms with Gasteiger partial charge in [0, 0.05) is 35.6 Å². The molecule has 1 fully saturated rings. The van der Waals surface area contributed by atoms with E-state index in [1.54, 1.807) is 17.9 Å². The highest BCUT2D eigenvalue weighted by Gasteiger charge is 2.34. The number of rotatable bonds is 6. The lowest BCUT2D eigenvalue weighted by molar-refractivity contribution is -0.141. The Labute approximate surface area is 237 Å². The molecular formula is C29H27F4N5O4. The molecule has 3 N–H and O–H groups in total. The number of oxazole rings is 1. The first kappa shape index (κ1) is 29.0. The number of piperidine rings is 1. The molecule has 13 heteroatoms. The molecule has 0 spiro atoms. The van der Waals surface area contributed by atoms with Crippen molar-refractivity contribution in [2.75, 3.05) is 25.5 Å². The number of likely N-dealkylation sites (tertiary alicyclic amines) is 1. The van der Waals surface area contributed by atoms with Crippen LogP contribution in [-0.4, -0.2) is 46.9 Å². The summed E-state index contributed by atoms with van der Waals surface area (Å²) in [6.07, 6.45) is -3.87. The van der Waals surface area contributed by atoms with E-state index >= 15 is 0 Å². The zero-order chi connectivity index (χ0) is 30.2. The lowest BCUT2D eigenvalue weighted by Gasteiger charge is -2.31. The average Bonchev–Trinajstić information content (AvgIpc) is 3.42. The summed E-state index contributed by atoms with van der Waals surface area (Å²) in [6.45, 7) is 2.17. The Morgan fingerprint density at radius 3 is 2.38 bits per heavy atom. The number of alkyl halides is 3. The van der Waals surface area contributed by atoms with Crippen LogP contribution >= 0.6 is 0 Å². The number of benzene rings is 2. The zero-order valence-electron chi connectivity index (χ0n) is 22.7. The van der Waals surface area contributed by atoms with Crippen LogP contribution < -0.4 is 15.8 Å². The van der Waals surface area contributed by atoms with Gasteiger partial charge in [-0.2, -0.15) is 13.2 Å². The third-order valence-corrected chi connectivity index (χ3v) is 7.10. The SMILES string of the molecule is COc1ccc(-c2nc(C(=O)N3CCC(C(=O)Nc4ccc(F)cc4)CC3)c([C@H](C)N)o2)c2ccc(C(F)(F)F)nc12. The van der Waals surface area contributed by atoms with Gasteiger partial charge in [0.05, 0.1) is 13.2 Å². The van der Waals surface area contributed by atoms with Gasteiger partial charge in [-0.3, -0.25) is 9.59 Å². The van der Waals surface area contributed by atoms with Gasteiger partial charge in [-0.25, -0.2) is 14.4 Å². The second-order valence-electron chi connectivity index (χ2n) is 9.99. The van der Waals surface area contributed by atoms with E-state index in [0.717, 1.165) is 6.07 Å². The predicted octanol–water partition coefficient (Wildman–Crippen LogP) is 5.57. The molecule has 3 heterocycles.